The predicted molar refractivity (Wildman–Crippen MR) is 43.5 cm³/mol. The van der Waals surface area contributed by atoms with Crippen LogP contribution in [0.2, 0.25) is 0 Å². The molecule has 0 heterocycles. The van der Waals surface area contributed by atoms with Crippen LogP contribution in [-0.4, -0.2) is 0 Å². The molecular formula is C10H9. The van der Waals surface area contributed by atoms with Crippen molar-refractivity contribution in [3.8, 4) is 0 Å². The second-order valence-corrected chi connectivity index (χ2v) is 2.47. The van der Waals surface area contributed by atoms with Crippen LogP contribution in [0.15, 0.2) is 30.3 Å². The Morgan fingerprint density at radius 3 is 2.60 bits per heavy atom. The van der Waals surface area contributed by atoms with Gasteiger partial charge in [0.1, 0.15) is 0 Å². The lowest BCUT2D eigenvalue weighted by Crippen LogP contribution is -1.89. The highest BCUT2D eigenvalue weighted by Crippen LogP contribution is 2.19. The third-order valence-corrected chi connectivity index (χ3v) is 1.77. The molecule has 2 rings (SSSR count). The molecule has 1 aromatic carbocycles. The zero-order chi connectivity index (χ0) is 6.81. The monoisotopic (exact) mass is 129 g/mol. The van der Waals surface area contributed by atoms with E-state index < -0.39 is 0 Å². The van der Waals surface area contributed by atoms with Gasteiger partial charge in [0.15, 0.2) is 0 Å². The number of allylic oxidation sites excluding steroid dienone is 1. The van der Waals surface area contributed by atoms with E-state index in [-0.39, 0.29) is 0 Å². The molecule has 0 saturated heterocycles. The van der Waals surface area contributed by atoms with Crippen LogP contribution in [-0.2, 0) is 0 Å². The highest BCUT2D eigenvalue weighted by molar-refractivity contribution is 5.58. The van der Waals surface area contributed by atoms with Gasteiger partial charge in [-0.1, -0.05) is 36.4 Å². The Bertz CT molecular complexity index is 258. The molecule has 0 heteroatoms. The Hall–Kier alpha value is -1.04. The summed E-state index contributed by atoms with van der Waals surface area (Å²) < 4.78 is 0. The van der Waals surface area contributed by atoms with Crippen LogP contribution in [0, 0.1) is 6.42 Å². The van der Waals surface area contributed by atoms with E-state index in [1.165, 1.54) is 11.1 Å². The molecule has 1 aliphatic carbocycles. The molecule has 49 valence electrons. The highest BCUT2D eigenvalue weighted by Gasteiger charge is 2.00. The number of benzene rings is 1. The highest BCUT2D eigenvalue weighted by atomic mass is 14.1. The number of fused-ring (bicyclic) bond motifs is 1. The molecule has 0 bridgehead atoms. The topological polar surface area (TPSA) is 0 Å². The van der Waals surface area contributed by atoms with Gasteiger partial charge in [-0.3, -0.25) is 0 Å². The van der Waals surface area contributed by atoms with Gasteiger partial charge in [-0.2, -0.15) is 0 Å². The van der Waals surface area contributed by atoms with Gasteiger partial charge in [0.05, 0.1) is 0 Å². The summed E-state index contributed by atoms with van der Waals surface area (Å²) >= 11 is 0. The lowest BCUT2D eigenvalue weighted by Gasteiger charge is -2.07. The van der Waals surface area contributed by atoms with Gasteiger partial charge >= 0.3 is 0 Å². The third kappa shape index (κ3) is 0.860. The van der Waals surface area contributed by atoms with E-state index >= 15 is 0 Å². The van der Waals surface area contributed by atoms with E-state index in [0.717, 1.165) is 6.42 Å². The summed E-state index contributed by atoms with van der Waals surface area (Å²) in [4.78, 5) is 0. The second kappa shape index (κ2) is 2.30. The molecule has 1 aromatic rings. The molecule has 1 radical (unpaired) electrons. The lowest BCUT2D eigenvalue weighted by atomic mass is 9.98. The van der Waals surface area contributed by atoms with Crippen molar-refractivity contribution in [1.29, 1.82) is 0 Å². The Morgan fingerprint density at radius 2 is 1.80 bits per heavy atom. The smallest absolute Gasteiger partial charge is 0.00493 e. The number of rotatable bonds is 0. The minimum absolute atomic E-state index is 1.08. The summed E-state index contributed by atoms with van der Waals surface area (Å²) in [6.45, 7) is 0. The van der Waals surface area contributed by atoms with Crippen molar-refractivity contribution in [3.05, 3.63) is 47.9 Å². The molecule has 0 nitrogen and oxygen atoms in total. The van der Waals surface area contributed by atoms with Gasteiger partial charge in [-0.15, -0.1) is 0 Å². The zero-order valence-electron chi connectivity index (χ0n) is 5.75. The molecule has 0 fully saturated rings. The average molecular weight is 129 g/mol. The maximum absolute atomic E-state index is 2.25. The SMILES string of the molecule is [CH]1CC=Cc2ccccc21. The first kappa shape index (κ1) is 5.72. The maximum atomic E-state index is 2.25. The van der Waals surface area contributed by atoms with Crippen molar-refractivity contribution >= 4 is 6.08 Å². The first-order valence-electron chi connectivity index (χ1n) is 3.55. The van der Waals surface area contributed by atoms with Gasteiger partial charge in [0, 0.05) is 0 Å². The molecule has 0 unspecified atom stereocenters. The minimum Gasteiger partial charge on any atom is -0.0833 e. The van der Waals surface area contributed by atoms with E-state index in [1.807, 2.05) is 0 Å². The quantitative estimate of drug-likeness (QED) is 0.505. The molecule has 0 saturated carbocycles. The summed E-state index contributed by atoms with van der Waals surface area (Å²) in [5.41, 5.74) is 2.71. The number of hydrogen-bond donors (Lipinski definition) is 0. The fraction of sp³-hybridized carbons (Fsp3) is 0.100. The van der Waals surface area contributed by atoms with Crippen molar-refractivity contribution < 1.29 is 0 Å². The fourth-order valence-corrected chi connectivity index (χ4v) is 1.24. The van der Waals surface area contributed by atoms with Crippen LogP contribution in [0.1, 0.15) is 17.5 Å². The zero-order valence-corrected chi connectivity index (χ0v) is 5.75. The van der Waals surface area contributed by atoms with E-state index in [0.29, 0.717) is 0 Å². The van der Waals surface area contributed by atoms with Crippen LogP contribution in [0.25, 0.3) is 6.08 Å². The maximum Gasteiger partial charge on any atom is -0.00493 e. The van der Waals surface area contributed by atoms with Gasteiger partial charge < -0.3 is 0 Å². The molecule has 10 heavy (non-hydrogen) atoms. The largest absolute Gasteiger partial charge is 0.0833 e. The van der Waals surface area contributed by atoms with Crippen LogP contribution >= 0.6 is 0 Å². The normalized spacial score (nSPS) is 14.8. The van der Waals surface area contributed by atoms with Gasteiger partial charge in [0.2, 0.25) is 0 Å². The minimum atomic E-state index is 1.08. The average Bonchev–Trinajstić information content (AvgIpc) is 2.05. The summed E-state index contributed by atoms with van der Waals surface area (Å²) in [5, 5.41) is 0. The fourth-order valence-electron chi connectivity index (χ4n) is 1.24. The second-order valence-electron chi connectivity index (χ2n) is 2.47. The van der Waals surface area contributed by atoms with Crippen molar-refractivity contribution in [1.82, 2.24) is 0 Å². The third-order valence-electron chi connectivity index (χ3n) is 1.77. The van der Waals surface area contributed by atoms with Crippen molar-refractivity contribution in [2.45, 2.75) is 6.42 Å². The van der Waals surface area contributed by atoms with E-state index in [9.17, 15) is 0 Å². The van der Waals surface area contributed by atoms with Crippen molar-refractivity contribution in [2.75, 3.05) is 0 Å². The molecule has 1 aliphatic rings. The molecule has 0 aliphatic heterocycles. The predicted octanol–water partition coefficient (Wildman–Crippen LogP) is 2.66. The van der Waals surface area contributed by atoms with E-state index in [1.54, 1.807) is 0 Å². The molecule has 0 amide bonds. The first-order valence-corrected chi connectivity index (χ1v) is 3.55. The molecule has 0 N–H and O–H groups in total. The Labute approximate surface area is 61.2 Å². The summed E-state index contributed by atoms with van der Waals surface area (Å²) in [6, 6.07) is 8.44. The van der Waals surface area contributed by atoms with Crippen LogP contribution in [0.5, 0.6) is 0 Å². The van der Waals surface area contributed by atoms with Crippen molar-refractivity contribution in [2.24, 2.45) is 0 Å². The standard InChI is InChI=1S/C10H9/c1-2-6-10-8-4-3-7-9(10)5-1/h1-3,5-8H,4H2. The Kier molecular flexibility index (Phi) is 1.31. The summed E-state index contributed by atoms with van der Waals surface area (Å²) in [7, 11) is 0. The van der Waals surface area contributed by atoms with Crippen LogP contribution < -0.4 is 0 Å². The van der Waals surface area contributed by atoms with Gasteiger partial charge in [0.25, 0.3) is 0 Å². The van der Waals surface area contributed by atoms with Crippen molar-refractivity contribution in [3.63, 3.8) is 0 Å². The number of hydrogen-bond acceptors (Lipinski definition) is 0. The summed E-state index contributed by atoms with van der Waals surface area (Å²) in [6.07, 6.45) is 7.68. The first-order chi connectivity index (χ1) is 4.97. The van der Waals surface area contributed by atoms with Crippen LogP contribution in [0.3, 0.4) is 0 Å². The van der Waals surface area contributed by atoms with E-state index in [4.69, 9.17) is 0 Å². The lowest BCUT2D eigenvalue weighted by molar-refractivity contribution is 1.22. The van der Waals surface area contributed by atoms with Gasteiger partial charge in [-0.05, 0) is 24.0 Å². The molecule has 0 spiro atoms. The Morgan fingerprint density at radius 1 is 1.00 bits per heavy atom. The Balaban J connectivity index is 2.54. The van der Waals surface area contributed by atoms with E-state index in [2.05, 4.69) is 42.8 Å². The summed E-state index contributed by atoms with van der Waals surface area (Å²) in [5.74, 6) is 0. The molecular weight excluding hydrogens is 120 g/mol. The van der Waals surface area contributed by atoms with Crippen LogP contribution in [0.4, 0.5) is 0 Å². The van der Waals surface area contributed by atoms with Gasteiger partial charge in [-0.25, -0.2) is 0 Å². The molecule has 0 aromatic heterocycles. The molecule has 0 atom stereocenters.